The molecular formula is C19H27N3O4. The summed E-state index contributed by atoms with van der Waals surface area (Å²) in [4.78, 5) is 21.3. The number of carbonyl (C=O) groups excluding carboxylic acids is 1. The molecule has 1 fully saturated rings. The first-order valence-electron chi connectivity index (χ1n) is 9.04. The molecule has 0 bridgehead atoms. The lowest BCUT2D eigenvalue weighted by Crippen LogP contribution is -2.46. The van der Waals surface area contributed by atoms with Crippen molar-refractivity contribution in [1.82, 2.24) is 9.80 Å². The lowest BCUT2D eigenvalue weighted by Gasteiger charge is -2.36. The molecule has 142 valence electrons. The molecule has 0 unspecified atom stereocenters. The zero-order valence-electron chi connectivity index (χ0n) is 15.9. The maximum absolute atomic E-state index is 12.7. The van der Waals surface area contributed by atoms with Crippen molar-refractivity contribution in [2.24, 2.45) is 4.99 Å². The molecule has 0 saturated carbocycles. The van der Waals surface area contributed by atoms with Crippen LogP contribution in [0.4, 0.5) is 0 Å². The van der Waals surface area contributed by atoms with Crippen LogP contribution in [0, 0.1) is 0 Å². The molecule has 2 aliphatic heterocycles. The fourth-order valence-electron chi connectivity index (χ4n) is 3.12. The van der Waals surface area contributed by atoms with Crippen LogP contribution in [0.15, 0.2) is 23.2 Å². The standard InChI is InChI=1S/C19H27N3O4/c1-13(2)26-19(22(4)15-7-9-21(3)10-8-15)20-18(23)14-5-6-16-17(11-14)25-12-24-16/h5-6,11,13,15H,7-10,12H2,1-4H3. The second-order valence-corrected chi connectivity index (χ2v) is 7.08. The first-order valence-corrected chi connectivity index (χ1v) is 9.04. The number of piperidine rings is 1. The molecule has 2 aliphatic rings. The van der Waals surface area contributed by atoms with Crippen molar-refractivity contribution in [3.8, 4) is 11.5 Å². The van der Waals surface area contributed by atoms with E-state index >= 15 is 0 Å². The summed E-state index contributed by atoms with van der Waals surface area (Å²) in [7, 11) is 4.07. The average molecular weight is 361 g/mol. The minimum atomic E-state index is -0.348. The van der Waals surface area contributed by atoms with Crippen molar-refractivity contribution >= 4 is 11.9 Å². The van der Waals surface area contributed by atoms with Gasteiger partial charge in [-0.15, -0.1) is 0 Å². The molecule has 7 nitrogen and oxygen atoms in total. The Kier molecular flexibility index (Phi) is 5.66. The number of amidine groups is 1. The van der Waals surface area contributed by atoms with E-state index in [4.69, 9.17) is 14.2 Å². The lowest BCUT2D eigenvalue weighted by molar-refractivity contribution is 0.0978. The Labute approximate surface area is 154 Å². The fraction of sp³-hybridized carbons (Fsp3) is 0.579. The van der Waals surface area contributed by atoms with Gasteiger partial charge in [-0.05, 0) is 65.0 Å². The van der Waals surface area contributed by atoms with Gasteiger partial charge in [0.15, 0.2) is 11.5 Å². The molecule has 3 rings (SSSR count). The number of aliphatic imine (C=N–C) groups is 1. The number of fused-ring (bicyclic) bond motifs is 1. The molecule has 2 heterocycles. The van der Waals surface area contributed by atoms with Gasteiger partial charge in [-0.25, -0.2) is 0 Å². The third kappa shape index (κ3) is 4.27. The number of hydrogen-bond acceptors (Lipinski definition) is 5. The molecule has 1 aromatic rings. The number of likely N-dealkylation sites (tertiary alicyclic amines) is 1. The van der Waals surface area contributed by atoms with Crippen LogP contribution >= 0.6 is 0 Å². The van der Waals surface area contributed by atoms with Crippen LogP contribution in [-0.4, -0.2) is 67.9 Å². The molecule has 7 heteroatoms. The van der Waals surface area contributed by atoms with Gasteiger partial charge in [0.2, 0.25) is 6.79 Å². The van der Waals surface area contributed by atoms with Crippen LogP contribution < -0.4 is 9.47 Å². The number of nitrogens with zero attached hydrogens (tertiary/aromatic N) is 3. The minimum absolute atomic E-state index is 0.0629. The van der Waals surface area contributed by atoms with Crippen LogP contribution in [0.3, 0.4) is 0 Å². The third-order valence-corrected chi connectivity index (χ3v) is 4.70. The summed E-state index contributed by atoms with van der Waals surface area (Å²) < 4.78 is 16.5. The molecule has 0 radical (unpaired) electrons. The Morgan fingerprint density at radius 2 is 1.96 bits per heavy atom. The Balaban J connectivity index is 1.78. The van der Waals surface area contributed by atoms with E-state index in [1.165, 1.54) is 0 Å². The van der Waals surface area contributed by atoms with E-state index in [-0.39, 0.29) is 18.8 Å². The summed E-state index contributed by atoms with van der Waals surface area (Å²) in [6.07, 6.45) is 1.98. The Morgan fingerprint density at radius 3 is 2.65 bits per heavy atom. The number of carbonyl (C=O) groups is 1. The van der Waals surface area contributed by atoms with Crippen molar-refractivity contribution in [2.75, 3.05) is 34.0 Å². The normalized spacial score (nSPS) is 18.3. The van der Waals surface area contributed by atoms with Crippen LogP contribution in [0.2, 0.25) is 0 Å². The third-order valence-electron chi connectivity index (χ3n) is 4.70. The quantitative estimate of drug-likeness (QED) is 0.608. The fourth-order valence-corrected chi connectivity index (χ4v) is 3.12. The summed E-state index contributed by atoms with van der Waals surface area (Å²) in [5, 5.41) is 0. The van der Waals surface area contributed by atoms with Gasteiger partial charge in [0.05, 0.1) is 6.10 Å². The van der Waals surface area contributed by atoms with E-state index in [9.17, 15) is 4.79 Å². The Morgan fingerprint density at radius 1 is 1.27 bits per heavy atom. The Hall–Kier alpha value is -2.28. The van der Waals surface area contributed by atoms with E-state index in [1.807, 2.05) is 25.8 Å². The van der Waals surface area contributed by atoms with E-state index < -0.39 is 0 Å². The van der Waals surface area contributed by atoms with E-state index in [1.54, 1.807) is 18.2 Å². The number of benzene rings is 1. The van der Waals surface area contributed by atoms with Gasteiger partial charge in [0.25, 0.3) is 11.9 Å². The predicted molar refractivity (Wildman–Crippen MR) is 98.8 cm³/mol. The first-order chi connectivity index (χ1) is 12.4. The molecule has 0 aromatic heterocycles. The minimum Gasteiger partial charge on any atom is -0.462 e. The number of rotatable bonds is 3. The van der Waals surface area contributed by atoms with Crippen LogP contribution in [0.25, 0.3) is 0 Å². The molecule has 0 spiro atoms. The molecule has 1 saturated heterocycles. The zero-order valence-corrected chi connectivity index (χ0v) is 15.9. The number of hydrogen-bond donors (Lipinski definition) is 0. The van der Waals surface area contributed by atoms with Gasteiger partial charge >= 0.3 is 0 Å². The van der Waals surface area contributed by atoms with Crippen molar-refractivity contribution < 1.29 is 19.0 Å². The highest BCUT2D eigenvalue weighted by Gasteiger charge is 2.25. The topological polar surface area (TPSA) is 63.6 Å². The molecule has 0 N–H and O–H groups in total. The lowest BCUT2D eigenvalue weighted by atomic mass is 10.0. The van der Waals surface area contributed by atoms with Gasteiger partial charge in [0, 0.05) is 18.7 Å². The van der Waals surface area contributed by atoms with E-state index in [0.29, 0.717) is 29.1 Å². The van der Waals surface area contributed by atoms with Gasteiger partial charge in [-0.2, -0.15) is 4.99 Å². The molecule has 0 atom stereocenters. The highest BCUT2D eigenvalue weighted by Crippen LogP contribution is 2.32. The molecule has 26 heavy (non-hydrogen) atoms. The maximum Gasteiger partial charge on any atom is 0.295 e. The van der Waals surface area contributed by atoms with Gasteiger partial charge in [-0.1, -0.05) is 0 Å². The summed E-state index contributed by atoms with van der Waals surface area (Å²) in [5.74, 6) is 0.868. The van der Waals surface area contributed by atoms with Crippen LogP contribution in [0.1, 0.15) is 37.0 Å². The molecule has 1 aromatic carbocycles. The number of amides is 1. The first kappa shape index (κ1) is 18.5. The summed E-state index contributed by atoms with van der Waals surface area (Å²) in [6, 6.07) is 5.78. The van der Waals surface area contributed by atoms with Crippen molar-refractivity contribution in [3.63, 3.8) is 0 Å². The Bertz CT molecular complexity index is 681. The SMILES string of the molecule is CC(C)OC(=NC(=O)c1ccc2c(c1)OCO2)N(C)C1CCN(C)CC1. The van der Waals surface area contributed by atoms with Crippen molar-refractivity contribution in [3.05, 3.63) is 23.8 Å². The van der Waals surface area contributed by atoms with Gasteiger partial charge < -0.3 is 24.0 Å². The average Bonchev–Trinajstić information content (AvgIpc) is 3.08. The van der Waals surface area contributed by atoms with Crippen molar-refractivity contribution in [1.29, 1.82) is 0 Å². The number of ether oxygens (including phenoxy) is 3. The molecule has 1 amide bonds. The monoisotopic (exact) mass is 361 g/mol. The van der Waals surface area contributed by atoms with Crippen molar-refractivity contribution in [2.45, 2.75) is 38.8 Å². The summed E-state index contributed by atoms with van der Waals surface area (Å²) >= 11 is 0. The van der Waals surface area contributed by atoms with Crippen LogP contribution in [-0.2, 0) is 4.74 Å². The molecular weight excluding hydrogens is 334 g/mol. The molecule has 0 aliphatic carbocycles. The predicted octanol–water partition coefficient (Wildman–Crippen LogP) is 2.36. The largest absolute Gasteiger partial charge is 0.462 e. The highest BCUT2D eigenvalue weighted by atomic mass is 16.7. The smallest absolute Gasteiger partial charge is 0.295 e. The maximum atomic E-state index is 12.7. The summed E-state index contributed by atoms with van der Waals surface area (Å²) in [5.41, 5.74) is 0.455. The zero-order chi connectivity index (χ0) is 18.7. The second-order valence-electron chi connectivity index (χ2n) is 7.08. The van der Waals surface area contributed by atoms with E-state index in [0.717, 1.165) is 25.9 Å². The summed E-state index contributed by atoms with van der Waals surface area (Å²) in [6.45, 7) is 6.10. The van der Waals surface area contributed by atoms with E-state index in [2.05, 4.69) is 16.9 Å². The van der Waals surface area contributed by atoms with Gasteiger partial charge in [-0.3, -0.25) is 4.79 Å². The van der Waals surface area contributed by atoms with Crippen LogP contribution in [0.5, 0.6) is 11.5 Å². The highest BCUT2D eigenvalue weighted by molar-refractivity contribution is 6.01. The van der Waals surface area contributed by atoms with Gasteiger partial charge in [0.1, 0.15) is 0 Å². The second kappa shape index (κ2) is 7.95.